The summed E-state index contributed by atoms with van der Waals surface area (Å²) in [6, 6.07) is 14.8. The molecule has 1 N–H and O–H groups in total. The average molecular weight is 423 g/mol. The standard InChI is InChI=1S/C22H16ClFN4O2/c23-18-12-15(5-6-19(18)24)26-21(29)13-28-22(30)17-4-2-1-3-16(17)20(27-28)11-14-7-9-25-10-8-14/h1-10,12H,11,13H2,(H,26,29). The number of carbonyl (C=O) groups is 1. The maximum atomic E-state index is 13.3. The molecule has 6 nitrogen and oxygen atoms in total. The van der Waals surface area contributed by atoms with E-state index in [1.54, 1.807) is 24.5 Å². The van der Waals surface area contributed by atoms with E-state index in [1.165, 1.54) is 12.1 Å². The second-order valence-corrected chi connectivity index (χ2v) is 7.07. The Morgan fingerprint density at radius 2 is 1.80 bits per heavy atom. The predicted octanol–water partition coefficient (Wildman–Crippen LogP) is 3.81. The number of fused-ring (bicyclic) bond motifs is 1. The number of hydrogen-bond donors (Lipinski definition) is 1. The molecule has 2 aromatic heterocycles. The van der Waals surface area contributed by atoms with Crippen molar-refractivity contribution in [3.05, 3.63) is 99.4 Å². The van der Waals surface area contributed by atoms with Crippen molar-refractivity contribution in [2.24, 2.45) is 0 Å². The zero-order valence-electron chi connectivity index (χ0n) is 15.7. The Morgan fingerprint density at radius 3 is 2.53 bits per heavy atom. The lowest BCUT2D eigenvalue weighted by atomic mass is 10.1. The van der Waals surface area contributed by atoms with Crippen LogP contribution in [-0.4, -0.2) is 20.7 Å². The number of amides is 1. The summed E-state index contributed by atoms with van der Waals surface area (Å²) >= 11 is 5.75. The van der Waals surface area contributed by atoms with E-state index in [0.717, 1.165) is 21.7 Å². The molecule has 0 aliphatic rings. The lowest BCUT2D eigenvalue weighted by molar-refractivity contribution is -0.117. The summed E-state index contributed by atoms with van der Waals surface area (Å²) in [5.74, 6) is -1.06. The maximum absolute atomic E-state index is 13.3. The van der Waals surface area contributed by atoms with Gasteiger partial charge in [-0.05, 0) is 42.0 Å². The van der Waals surface area contributed by atoms with Gasteiger partial charge in [-0.25, -0.2) is 9.07 Å². The van der Waals surface area contributed by atoms with E-state index >= 15 is 0 Å². The van der Waals surface area contributed by atoms with E-state index in [0.29, 0.717) is 23.2 Å². The summed E-state index contributed by atoms with van der Waals surface area (Å²) in [4.78, 5) is 29.4. The largest absolute Gasteiger partial charge is 0.324 e. The van der Waals surface area contributed by atoms with Gasteiger partial charge in [-0.3, -0.25) is 14.6 Å². The van der Waals surface area contributed by atoms with Crippen LogP contribution in [0.3, 0.4) is 0 Å². The van der Waals surface area contributed by atoms with Crippen molar-refractivity contribution in [3.8, 4) is 0 Å². The second kappa shape index (κ2) is 8.42. The third-order valence-electron chi connectivity index (χ3n) is 4.56. The summed E-state index contributed by atoms with van der Waals surface area (Å²) in [6.45, 7) is -0.290. The first-order chi connectivity index (χ1) is 14.5. The lowest BCUT2D eigenvalue weighted by Crippen LogP contribution is -2.30. The molecule has 4 aromatic rings. The highest BCUT2D eigenvalue weighted by Crippen LogP contribution is 2.20. The van der Waals surface area contributed by atoms with Crippen molar-refractivity contribution in [2.75, 3.05) is 5.32 Å². The Morgan fingerprint density at radius 1 is 1.07 bits per heavy atom. The Labute approximate surface area is 176 Å². The van der Waals surface area contributed by atoms with Gasteiger partial charge < -0.3 is 5.32 Å². The van der Waals surface area contributed by atoms with Crippen molar-refractivity contribution in [1.29, 1.82) is 0 Å². The van der Waals surface area contributed by atoms with Crippen LogP contribution < -0.4 is 10.9 Å². The van der Waals surface area contributed by atoms with Crippen molar-refractivity contribution >= 4 is 34.0 Å². The molecule has 0 radical (unpaired) electrons. The van der Waals surface area contributed by atoms with E-state index in [1.807, 2.05) is 24.3 Å². The van der Waals surface area contributed by atoms with E-state index in [-0.39, 0.29) is 17.1 Å². The highest BCUT2D eigenvalue weighted by Gasteiger charge is 2.14. The third-order valence-corrected chi connectivity index (χ3v) is 4.85. The second-order valence-electron chi connectivity index (χ2n) is 6.66. The molecule has 0 fully saturated rings. The number of anilines is 1. The molecule has 150 valence electrons. The van der Waals surface area contributed by atoms with E-state index in [9.17, 15) is 14.0 Å². The van der Waals surface area contributed by atoms with Crippen molar-refractivity contribution in [3.63, 3.8) is 0 Å². The van der Waals surface area contributed by atoms with Gasteiger partial charge in [0, 0.05) is 29.9 Å². The van der Waals surface area contributed by atoms with Crippen LogP contribution in [0.4, 0.5) is 10.1 Å². The molecule has 0 aliphatic carbocycles. The van der Waals surface area contributed by atoms with Crippen LogP contribution in [0.5, 0.6) is 0 Å². The van der Waals surface area contributed by atoms with E-state index < -0.39 is 11.7 Å². The Hall–Kier alpha value is -3.58. The van der Waals surface area contributed by atoms with Gasteiger partial charge in [-0.15, -0.1) is 0 Å². The molecule has 0 aliphatic heterocycles. The monoisotopic (exact) mass is 422 g/mol. The molecule has 1 amide bonds. The molecule has 0 atom stereocenters. The fourth-order valence-corrected chi connectivity index (χ4v) is 3.33. The quantitative estimate of drug-likeness (QED) is 0.530. The molecule has 4 rings (SSSR count). The first-order valence-electron chi connectivity index (χ1n) is 9.14. The number of pyridine rings is 1. The lowest BCUT2D eigenvalue weighted by Gasteiger charge is -2.12. The first kappa shape index (κ1) is 19.7. The molecule has 0 saturated heterocycles. The smallest absolute Gasteiger partial charge is 0.275 e. The van der Waals surface area contributed by atoms with Crippen molar-refractivity contribution < 1.29 is 9.18 Å². The topological polar surface area (TPSA) is 76.9 Å². The highest BCUT2D eigenvalue weighted by molar-refractivity contribution is 6.31. The zero-order valence-corrected chi connectivity index (χ0v) is 16.4. The number of halogens is 2. The first-order valence-corrected chi connectivity index (χ1v) is 9.51. The maximum Gasteiger partial charge on any atom is 0.275 e. The Balaban J connectivity index is 1.66. The van der Waals surface area contributed by atoms with Crippen LogP contribution >= 0.6 is 11.6 Å². The normalized spacial score (nSPS) is 10.9. The van der Waals surface area contributed by atoms with Crippen molar-refractivity contribution in [2.45, 2.75) is 13.0 Å². The highest BCUT2D eigenvalue weighted by atomic mass is 35.5. The fourth-order valence-electron chi connectivity index (χ4n) is 3.15. The molecule has 0 bridgehead atoms. The average Bonchev–Trinajstić information content (AvgIpc) is 2.75. The molecule has 0 unspecified atom stereocenters. The van der Waals surface area contributed by atoms with E-state index in [2.05, 4.69) is 15.4 Å². The molecule has 2 aromatic carbocycles. The molecular formula is C22H16ClFN4O2. The molecule has 8 heteroatoms. The Kier molecular flexibility index (Phi) is 5.54. The van der Waals surface area contributed by atoms with Gasteiger partial charge in [-0.2, -0.15) is 5.10 Å². The fraction of sp³-hybridized carbons (Fsp3) is 0.0909. The number of nitrogens with one attached hydrogen (secondary N) is 1. The SMILES string of the molecule is O=C(Cn1nc(Cc2ccncc2)c2ccccc2c1=O)Nc1ccc(F)c(Cl)c1. The van der Waals surface area contributed by atoms with Crippen LogP contribution in [0.1, 0.15) is 11.3 Å². The van der Waals surface area contributed by atoms with Crippen LogP contribution in [0.2, 0.25) is 5.02 Å². The summed E-state index contributed by atoms with van der Waals surface area (Å²) in [6.07, 6.45) is 3.86. The summed E-state index contributed by atoms with van der Waals surface area (Å²) < 4.78 is 14.4. The molecule has 30 heavy (non-hydrogen) atoms. The number of carbonyl (C=O) groups excluding carboxylic acids is 1. The molecular weight excluding hydrogens is 407 g/mol. The third kappa shape index (κ3) is 4.21. The summed E-state index contributed by atoms with van der Waals surface area (Å²) in [5.41, 5.74) is 1.63. The number of hydrogen-bond acceptors (Lipinski definition) is 4. The van der Waals surface area contributed by atoms with Crippen molar-refractivity contribution in [1.82, 2.24) is 14.8 Å². The minimum Gasteiger partial charge on any atom is -0.324 e. The van der Waals surface area contributed by atoms with Gasteiger partial charge in [0.2, 0.25) is 5.91 Å². The molecule has 2 heterocycles. The van der Waals surface area contributed by atoms with Crippen LogP contribution in [0.15, 0.2) is 71.8 Å². The van der Waals surface area contributed by atoms with Crippen LogP contribution in [0.25, 0.3) is 10.8 Å². The predicted molar refractivity (Wildman–Crippen MR) is 113 cm³/mol. The minimum absolute atomic E-state index is 0.103. The minimum atomic E-state index is -0.581. The van der Waals surface area contributed by atoms with Crippen LogP contribution in [0, 0.1) is 5.82 Å². The van der Waals surface area contributed by atoms with Gasteiger partial charge in [0.1, 0.15) is 12.4 Å². The van der Waals surface area contributed by atoms with E-state index in [4.69, 9.17) is 11.6 Å². The van der Waals surface area contributed by atoms with Gasteiger partial charge in [0.15, 0.2) is 0 Å². The van der Waals surface area contributed by atoms with Gasteiger partial charge in [0.05, 0.1) is 16.1 Å². The summed E-state index contributed by atoms with van der Waals surface area (Å²) in [5, 5.41) is 8.17. The van der Waals surface area contributed by atoms with Crippen LogP contribution in [-0.2, 0) is 17.8 Å². The number of nitrogens with zero attached hydrogens (tertiary/aromatic N) is 3. The molecule has 0 saturated carbocycles. The Bertz CT molecular complexity index is 1290. The molecule has 0 spiro atoms. The van der Waals surface area contributed by atoms with Gasteiger partial charge in [-0.1, -0.05) is 29.8 Å². The summed E-state index contributed by atoms with van der Waals surface area (Å²) in [7, 11) is 0. The number of benzene rings is 2. The van der Waals surface area contributed by atoms with Gasteiger partial charge in [0.25, 0.3) is 5.56 Å². The van der Waals surface area contributed by atoms with Gasteiger partial charge >= 0.3 is 0 Å². The zero-order chi connectivity index (χ0) is 21.1. The number of rotatable bonds is 5. The number of aromatic nitrogens is 3.